The molecule has 0 fully saturated rings. The molecule has 8 nitrogen and oxygen atoms in total. The Kier molecular flexibility index (Phi) is 5.70. The molecule has 2 heterocycles. The summed E-state index contributed by atoms with van der Waals surface area (Å²) < 4.78 is 1.69. The predicted octanol–water partition coefficient (Wildman–Crippen LogP) is 5.33. The van der Waals surface area contributed by atoms with Crippen molar-refractivity contribution < 1.29 is 0 Å². The van der Waals surface area contributed by atoms with Gasteiger partial charge in [-0.25, -0.2) is 10.1 Å². The molecule has 8 heteroatoms. The second kappa shape index (κ2) is 9.11. The van der Waals surface area contributed by atoms with Crippen LogP contribution in [0.2, 0.25) is 0 Å². The van der Waals surface area contributed by atoms with Gasteiger partial charge in [0.05, 0.1) is 11.9 Å². The predicted molar refractivity (Wildman–Crippen MR) is 136 cm³/mol. The van der Waals surface area contributed by atoms with E-state index in [1.165, 1.54) is 5.56 Å². The molecule has 5 aromatic rings. The zero-order valence-electron chi connectivity index (χ0n) is 19.2. The van der Waals surface area contributed by atoms with Crippen molar-refractivity contribution in [3.05, 3.63) is 95.3 Å². The normalized spacial score (nSPS) is 11.3. The van der Waals surface area contributed by atoms with Gasteiger partial charge >= 0.3 is 0 Å². The molecule has 0 aliphatic heterocycles. The molecule has 0 saturated heterocycles. The van der Waals surface area contributed by atoms with Gasteiger partial charge in [-0.15, -0.1) is 0 Å². The second-order valence-corrected chi connectivity index (χ2v) is 8.05. The van der Waals surface area contributed by atoms with Crippen molar-refractivity contribution >= 4 is 34.6 Å². The summed E-state index contributed by atoms with van der Waals surface area (Å²) in [5.74, 6) is 1.10. The summed E-state index contributed by atoms with van der Waals surface area (Å²) in [6, 6.07) is 24.3. The van der Waals surface area contributed by atoms with Crippen LogP contribution < -0.4 is 10.7 Å². The molecule has 0 spiro atoms. The average Bonchev–Trinajstić information content (AvgIpc) is 3.18. The number of hydrazone groups is 1. The van der Waals surface area contributed by atoms with Crippen molar-refractivity contribution in [2.24, 2.45) is 5.10 Å². The first kappa shape index (κ1) is 21.3. The standard InChI is InChI=1S/C26H24N8/c1-17-11-13-22(14-12-17)28-24-29-25(31-26(30-24)34-19(3)15-18(2)33-34)32-27-16-21-9-6-8-20-7-4-5-10-23(20)21/h4-16H,1-3H3,(H2,28,29,30,31,32)/b27-16-. The monoisotopic (exact) mass is 448 g/mol. The van der Waals surface area contributed by atoms with Crippen LogP contribution in [-0.4, -0.2) is 30.9 Å². The minimum atomic E-state index is 0.309. The molecule has 0 atom stereocenters. The number of aryl methyl sites for hydroxylation is 3. The molecule has 3 aromatic carbocycles. The largest absolute Gasteiger partial charge is 0.324 e. The summed E-state index contributed by atoms with van der Waals surface area (Å²) >= 11 is 0. The lowest BCUT2D eigenvalue weighted by Gasteiger charge is -2.10. The maximum Gasteiger partial charge on any atom is 0.257 e. The molecule has 0 radical (unpaired) electrons. The summed E-state index contributed by atoms with van der Waals surface area (Å²) in [6.45, 7) is 5.94. The fourth-order valence-electron chi connectivity index (χ4n) is 3.69. The van der Waals surface area contributed by atoms with Crippen molar-refractivity contribution in [2.45, 2.75) is 20.8 Å². The van der Waals surface area contributed by atoms with Crippen LogP contribution in [0.3, 0.4) is 0 Å². The molecule has 0 aliphatic carbocycles. The van der Waals surface area contributed by atoms with Crippen LogP contribution in [-0.2, 0) is 0 Å². The average molecular weight is 449 g/mol. The molecule has 0 aliphatic rings. The number of benzene rings is 3. The topological polar surface area (TPSA) is 92.9 Å². The van der Waals surface area contributed by atoms with Gasteiger partial charge < -0.3 is 5.32 Å². The Morgan fingerprint density at radius 3 is 2.38 bits per heavy atom. The first-order chi connectivity index (χ1) is 16.5. The summed E-state index contributed by atoms with van der Waals surface area (Å²) in [4.78, 5) is 13.6. The van der Waals surface area contributed by atoms with Gasteiger partial charge in [0.25, 0.3) is 5.95 Å². The number of anilines is 3. The highest BCUT2D eigenvalue weighted by Crippen LogP contribution is 2.19. The fourth-order valence-corrected chi connectivity index (χ4v) is 3.69. The molecule has 0 unspecified atom stereocenters. The number of hydrogen-bond acceptors (Lipinski definition) is 7. The van der Waals surface area contributed by atoms with Crippen LogP contribution in [0.1, 0.15) is 22.5 Å². The highest BCUT2D eigenvalue weighted by Gasteiger charge is 2.12. The smallest absolute Gasteiger partial charge is 0.257 e. The van der Waals surface area contributed by atoms with Gasteiger partial charge in [0.2, 0.25) is 11.9 Å². The van der Waals surface area contributed by atoms with Gasteiger partial charge in [-0.1, -0.05) is 60.2 Å². The number of nitrogens with one attached hydrogen (secondary N) is 2. The van der Waals surface area contributed by atoms with E-state index >= 15 is 0 Å². The van der Waals surface area contributed by atoms with E-state index in [1.807, 2.05) is 75.4 Å². The SMILES string of the molecule is Cc1ccc(Nc2nc(N/N=C\c3cccc4ccccc34)nc(-n3nc(C)cc3C)n2)cc1. The molecule has 2 aromatic heterocycles. The summed E-state index contributed by atoms with van der Waals surface area (Å²) in [6.07, 6.45) is 1.77. The maximum absolute atomic E-state index is 4.58. The lowest BCUT2D eigenvalue weighted by Crippen LogP contribution is -2.11. The van der Waals surface area contributed by atoms with Crippen LogP contribution in [0.25, 0.3) is 16.7 Å². The Bertz CT molecular complexity index is 1480. The second-order valence-electron chi connectivity index (χ2n) is 8.05. The molecule has 0 amide bonds. The molecule has 2 N–H and O–H groups in total. The Labute approximate surface area is 197 Å². The summed E-state index contributed by atoms with van der Waals surface area (Å²) in [5.41, 5.74) is 7.81. The lowest BCUT2D eigenvalue weighted by atomic mass is 10.1. The Morgan fingerprint density at radius 2 is 1.59 bits per heavy atom. The van der Waals surface area contributed by atoms with Gasteiger partial charge in [-0.2, -0.15) is 25.2 Å². The van der Waals surface area contributed by atoms with Crippen molar-refractivity contribution in [1.82, 2.24) is 24.7 Å². The number of nitrogens with zero attached hydrogens (tertiary/aromatic N) is 6. The summed E-state index contributed by atoms with van der Waals surface area (Å²) in [7, 11) is 0. The molecular formula is C26H24N8. The Morgan fingerprint density at radius 1 is 0.824 bits per heavy atom. The zero-order valence-corrected chi connectivity index (χ0v) is 19.2. The van der Waals surface area contributed by atoms with E-state index in [4.69, 9.17) is 0 Å². The first-order valence-electron chi connectivity index (χ1n) is 11.0. The van der Waals surface area contributed by atoms with Crippen LogP contribution in [0, 0.1) is 20.8 Å². The van der Waals surface area contributed by atoms with E-state index in [0.29, 0.717) is 17.8 Å². The summed E-state index contributed by atoms with van der Waals surface area (Å²) in [5, 5.41) is 14.4. The van der Waals surface area contributed by atoms with E-state index in [0.717, 1.165) is 33.4 Å². The fraction of sp³-hybridized carbons (Fsp3) is 0.115. The zero-order chi connectivity index (χ0) is 23.5. The van der Waals surface area contributed by atoms with Crippen LogP contribution in [0.4, 0.5) is 17.6 Å². The van der Waals surface area contributed by atoms with Crippen molar-refractivity contribution in [1.29, 1.82) is 0 Å². The van der Waals surface area contributed by atoms with Gasteiger partial charge in [0.15, 0.2) is 0 Å². The molecule has 0 bridgehead atoms. The van der Waals surface area contributed by atoms with Gasteiger partial charge in [0, 0.05) is 16.9 Å². The van der Waals surface area contributed by atoms with Gasteiger partial charge in [0.1, 0.15) is 0 Å². The number of rotatable bonds is 6. The maximum atomic E-state index is 4.58. The molecule has 34 heavy (non-hydrogen) atoms. The van der Waals surface area contributed by atoms with Gasteiger partial charge in [-0.05, 0) is 49.7 Å². The van der Waals surface area contributed by atoms with Crippen LogP contribution in [0.15, 0.2) is 77.9 Å². The number of hydrogen-bond donors (Lipinski definition) is 2. The van der Waals surface area contributed by atoms with Crippen molar-refractivity contribution in [3.8, 4) is 5.95 Å². The minimum absolute atomic E-state index is 0.309. The quantitative estimate of drug-likeness (QED) is 0.270. The Hall–Kier alpha value is -4.59. The van der Waals surface area contributed by atoms with Crippen molar-refractivity contribution in [2.75, 3.05) is 10.7 Å². The van der Waals surface area contributed by atoms with Crippen molar-refractivity contribution in [3.63, 3.8) is 0 Å². The third-order valence-electron chi connectivity index (χ3n) is 5.32. The van der Waals surface area contributed by atoms with E-state index in [2.05, 4.69) is 54.1 Å². The highest BCUT2D eigenvalue weighted by molar-refractivity contribution is 5.99. The van der Waals surface area contributed by atoms with Crippen LogP contribution >= 0.6 is 0 Å². The molecule has 0 saturated carbocycles. The number of aromatic nitrogens is 5. The van der Waals surface area contributed by atoms with Crippen LogP contribution in [0.5, 0.6) is 0 Å². The lowest BCUT2D eigenvalue weighted by molar-refractivity contribution is 0.767. The highest BCUT2D eigenvalue weighted by atomic mass is 15.4. The molecular weight excluding hydrogens is 424 g/mol. The third kappa shape index (κ3) is 4.61. The van der Waals surface area contributed by atoms with E-state index in [9.17, 15) is 0 Å². The molecule has 5 rings (SSSR count). The first-order valence-corrected chi connectivity index (χ1v) is 11.0. The Balaban J connectivity index is 1.47. The third-order valence-corrected chi connectivity index (χ3v) is 5.32. The number of fused-ring (bicyclic) bond motifs is 1. The minimum Gasteiger partial charge on any atom is -0.324 e. The van der Waals surface area contributed by atoms with Gasteiger partial charge in [-0.3, -0.25) is 0 Å². The van der Waals surface area contributed by atoms with E-state index in [1.54, 1.807) is 10.9 Å². The van der Waals surface area contributed by atoms with E-state index < -0.39 is 0 Å². The molecule has 168 valence electrons. The van der Waals surface area contributed by atoms with E-state index in [-0.39, 0.29) is 0 Å².